The highest BCUT2D eigenvalue weighted by Crippen LogP contribution is 2.23. The number of aromatic amines is 1. The summed E-state index contributed by atoms with van der Waals surface area (Å²) in [4.78, 5) is 14.9. The minimum absolute atomic E-state index is 0.155. The molecule has 0 amide bonds. The number of nitrogens with zero attached hydrogens (tertiary/aromatic N) is 1. The van der Waals surface area contributed by atoms with Crippen molar-refractivity contribution in [2.24, 2.45) is 0 Å². The number of rotatable bonds is 4. The van der Waals surface area contributed by atoms with E-state index in [4.69, 9.17) is 11.6 Å². The molecular formula is C17H19ClN2O3S. The smallest absolute Gasteiger partial charge is 0.252 e. The van der Waals surface area contributed by atoms with E-state index in [1.807, 2.05) is 0 Å². The molecule has 0 unspecified atom stereocenters. The van der Waals surface area contributed by atoms with Crippen molar-refractivity contribution in [2.75, 3.05) is 13.1 Å². The fourth-order valence-electron chi connectivity index (χ4n) is 2.84. The van der Waals surface area contributed by atoms with Gasteiger partial charge in [0.25, 0.3) is 5.56 Å². The average molecular weight is 367 g/mol. The predicted molar refractivity (Wildman–Crippen MR) is 94.7 cm³/mol. The SMILES string of the molecule is O=c1[nH]c(-c2ccc(S(=O)(=O)N3CCCCC3)cc2)ccc1CCl. The zero-order chi connectivity index (χ0) is 17.2. The van der Waals surface area contributed by atoms with E-state index in [0.717, 1.165) is 24.8 Å². The van der Waals surface area contributed by atoms with Gasteiger partial charge in [-0.05, 0) is 36.6 Å². The number of hydrogen-bond donors (Lipinski definition) is 1. The van der Waals surface area contributed by atoms with Gasteiger partial charge in [0.1, 0.15) is 0 Å². The van der Waals surface area contributed by atoms with E-state index in [2.05, 4.69) is 4.98 Å². The Morgan fingerprint density at radius 3 is 2.25 bits per heavy atom. The maximum absolute atomic E-state index is 12.6. The molecule has 2 heterocycles. The van der Waals surface area contributed by atoms with E-state index in [9.17, 15) is 13.2 Å². The fourth-order valence-corrected chi connectivity index (χ4v) is 4.57. The summed E-state index contributed by atoms with van der Waals surface area (Å²) in [6.45, 7) is 1.16. The van der Waals surface area contributed by atoms with E-state index < -0.39 is 10.0 Å². The van der Waals surface area contributed by atoms with Crippen LogP contribution in [0, 0.1) is 0 Å². The molecule has 0 radical (unpaired) electrons. The highest BCUT2D eigenvalue weighted by Gasteiger charge is 2.25. The van der Waals surface area contributed by atoms with Crippen LogP contribution in [0.25, 0.3) is 11.3 Å². The van der Waals surface area contributed by atoms with Crippen molar-refractivity contribution < 1.29 is 8.42 Å². The van der Waals surface area contributed by atoms with Gasteiger partial charge in [-0.2, -0.15) is 4.31 Å². The van der Waals surface area contributed by atoms with Crippen LogP contribution in [-0.2, 0) is 15.9 Å². The van der Waals surface area contributed by atoms with Crippen LogP contribution in [0.2, 0.25) is 0 Å². The van der Waals surface area contributed by atoms with Crippen LogP contribution < -0.4 is 5.56 Å². The van der Waals surface area contributed by atoms with Gasteiger partial charge in [-0.25, -0.2) is 8.42 Å². The van der Waals surface area contributed by atoms with Gasteiger partial charge in [0.15, 0.2) is 0 Å². The molecule has 0 aliphatic carbocycles. The lowest BCUT2D eigenvalue weighted by molar-refractivity contribution is 0.346. The normalized spacial score (nSPS) is 16.2. The van der Waals surface area contributed by atoms with E-state index in [0.29, 0.717) is 24.3 Å². The second kappa shape index (κ2) is 7.09. The highest BCUT2D eigenvalue weighted by atomic mass is 35.5. The molecule has 0 spiro atoms. The molecule has 0 saturated carbocycles. The molecule has 0 bridgehead atoms. The number of sulfonamides is 1. The Balaban J connectivity index is 1.88. The lowest BCUT2D eigenvalue weighted by Gasteiger charge is -2.25. The first-order valence-electron chi connectivity index (χ1n) is 7.91. The maximum atomic E-state index is 12.6. The van der Waals surface area contributed by atoms with Crippen LogP contribution in [-0.4, -0.2) is 30.8 Å². The van der Waals surface area contributed by atoms with Crippen LogP contribution in [0.3, 0.4) is 0 Å². The molecular weight excluding hydrogens is 348 g/mol. The minimum atomic E-state index is -3.44. The third-order valence-electron chi connectivity index (χ3n) is 4.25. The van der Waals surface area contributed by atoms with Crippen LogP contribution in [0.5, 0.6) is 0 Å². The largest absolute Gasteiger partial charge is 0.322 e. The van der Waals surface area contributed by atoms with E-state index >= 15 is 0 Å². The summed E-state index contributed by atoms with van der Waals surface area (Å²) in [7, 11) is -3.44. The third-order valence-corrected chi connectivity index (χ3v) is 6.45. The van der Waals surface area contributed by atoms with E-state index in [-0.39, 0.29) is 16.3 Å². The van der Waals surface area contributed by atoms with E-state index in [1.165, 1.54) is 0 Å². The van der Waals surface area contributed by atoms with Gasteiger partial charge in [0.05, 0.1) is 10.8 Å². The first-order valence-corrected chi connectivity index (χ1v) is 9.88. The molecule has 1 N–H and O–H groups in total. The summed E-state index contributed by atoms with van der Waals surface area (Å²) in [6.07, 6.45) is 2.90. The molecule has 1 fully saturated rings. The number of nitrogens with one attached hydrogen (secondary N) is 1. The number of piperidine rings is 1. The molecule has 7 heteroatoms. The van der Waals surface area contributed by atoms with Gasteiger partial charge in [-0.15, -0.1) is 11.6 Å². The Kier molecular flexibility index (Phi) is 5.08. The summed E-state index contributed by atoms with van der Waals surface area (Å²) < 4.78 is 26.8. The molecule has 0 atom stereocenters. The summed E-state index contributed by atoms with van der Waals surface area (Å²) in [5.74, 6) is 0.155. The van der Waals surface area contributed by atoms with Crippen LogP contribution in [0.15, 0.2) is 46.1 Å². The van der Waals surface area contributed by atoms with Gasteiger partial charge < -0.3 is 4.98 Å². The Morgan fingerprint density at radius 1 is 1.00 bits per heavy atom. The highest BCUT2D eigenvalue weighted by molar-refractivity contribution is 7.89. The molecule has 2 aromatic rings. The van der Waals surface area contributed by atoms with Gasteiger partial charge in [-0.1, -0.05) is 24.6 Å². The van der Waals surface area contributed by atoms with Crippen molar-refractivity contribution in [2.45, 2.75) is 30.0 Å². The van der Waals surface area contributed by atoms with Crippen molar-refractivity contribution >= 4 is 21.6 Å². The Labute approximate surface area is 146 Å². The predicted octanol–water partition coefficient (Wildman–Crippen LogP) is 2.96. The fraction of sp³-hybridized carbons (Fsp3) is 0.353. The number of hydrogen-bond acceptors (Lipinski definition) is 3. The lowest BCUT2D eigenvalue weighted by atomic mass is 10.1. The number of halogens is 1. The Hall–Kier alpha value is -1.63. The number of alkyl halides is 1. The average Bonchev–Trinajstić information content (AvgIpc) is 2.62. The molecule has 1 aliphatic rings. The first-order chi connectivity index (χ1) is 11.5. The van der Waals surface area contributed by atoms with Crippen molar-refractivity contribution in [3.63, 3.8) is 0 Å². The maximum Gasteiger partial charge on any atom is 0.252 e. The first kappa shape index (κ1) is 17.2. The van der Waals surface area contributed by atoms with Crippen molar-refractivity contribution in [1.82, 2.24) is 9.29 Å². The van der Waals surface area contributed by atoms with Crippen molar-refractivity contribution in [1.29, 1.82) is 0 Å². The Bertz CT molecular complexity index is 869. The second-order valence-electron chi connectivity index (χ2n) is 5.85. The quantitative estimate of drug-likeness (QED) is 0.846. The van der Waals surface area contributed by atoms with Gasteiger partial charge in [-0.3, -0.25) is 4.79 Å². The molecule has 1 aliphatic heterocycles. The minimum Gasteiger partial charge on any atom is -0.322 e. The van der Waals surface area contributed by atoms with Gasteiger partial charge >= 0.3 is 0 Å². The Morgan fingerprint density at radius 2 is 1.67 bits per heavy atom. The molecule has 128 valence electrons. The molecule has 1 aromatic carbocycles. The summed E-state index contributed by atoms with van der Waals surface area (Å²) in [5, 5.41) is 0. The molecule has 1 aromatic heterocycles. The molecule has 3 rings (SSSR count). The van der Waals surface area contributed by atoms with Gasteiger partial charge in [0.2, 0.25) is 10.0 Å². The standard InChI is InChI=1S/C17H19ClN2O3S/c18-12-14-6-9-16(19-17(14)21)13-4-7-15(8-5-13)24(22,23)20-10-2-1-3-11-20/h4-9H,1-3,10-12H2,(H,19,21). The van der Waals surface area contributed by atoms with Crippen LogP contribution in [0.4, 0.5) is 0 Å². The summed E-state index contributed by atoms with van der Waals surface area (Å²) >= 11 is 5.68. The molecule has 1 saturated heterocycles. The molecule has 24 heavy (non-hydrogen) atoms. The van der Waals surface area contributed by atoms with Crippen molar-refractivity contribution in [3.05, 3.63) is 52.3 Å². The van der Waals surface area contributed by atoms with Crippen molar-refractivity contribution in [3.8, 4) is 11.3 Å². The summed E-state index contributed by atoms with van der Waals surface area (Å²) in [5.41, 5.74) is 1.67. The van der Waals surface area contributed by atoms with Crippen LogP contribution in [0.1, 0.15) is 24.8 Å². The van der Waals surface area contributed by atoms with Gasteiger partial charge in [0, 0.05) is 24.3 Å². The number of aromatic nitrogens is 1. The third kappa shape index (κ3) is 3.41. The lowest BCUT2D eigenvalue weighted by Crippen LogP contribution is -2.35. The van der Waals surface area contributed by atoms with Crippen LogP contribution >= 0.6 is 11.6 Å². The number of pyridine rings is 1. The monoisotopic (exact) mass is 366 g/mol. The van der Waals surface area contributed by atoms with E-state index in [1.54, 1.807) is 40.7 Å². The zero-order valence-corrected chi connectivity index (χ0v) is 14.7. The number of benzene rings is 1. The zero-order valence-electron chi connectivity index (χ0n) is 13.2. The summed E-state index contributed by atoms with van der Waals surface area (Å²) in [6, 6.07) is 10.1. The molecule has 5 nitrogen and oxygen atoms in total. The second-order valence-corrected chi connectivity index (χ2v) is 8.05. The number of H-pyrrole nitrogens is 1. The topological polar surface area (TPSA) is 70.2 Å².